The Balaban J connectivity index is 2.25. The van der Waals surface area contributed by atoms with Gasteiger partial charge in [0.1, 0.15) is 0 Å². The van der Waals surface area contributed by atoms with Crippen LogP contribution in [0.5, 0.6) is 0 Å². The molecule has 1 unspecified atom stereocenters. The second-order valence-electron chi connectivity index (χ2n) is 4.40. The summed E-state index contributed by atoms with van der Waals surface area (Å²) in [7, 11) is 0. The fourth-order valence-electron chi connectivity index (χ4n) is 1.85. The van der Waals surface area contributed by atoms with Gasteiger partial charge in [-0.1, -0.05) is 30.3 Å². The van der Waals surface area contributed by atoms with Crippen molar-refractivity contribution in [3.05, 3.63) is 65.7 Å². The number of nitrogens with one attached hydrogen (secondary N) is 1. The maximum atomic E-state index is 12.5. The lowest BCUT2D eigenvalue weighted by Gasteiger charge is -2.17. The lowest BCUT2D eigenvalue weighted by molar-refractivity contribution is -0.138. The highest BCUT2D eigenvalue weighted by Crippen LogP contribution is 2.30. The summed E-state index contributed by atoms with van der Waals surface area (Å²) in [6, 6.07) is 11.6. The lowest BCUT2D eigenvalue weighted by atomic mass is 10.0. The summed E-state index contributed by atoms with van der Waals surface area (Å²) in [6.07, 6.45) is -4.44. The topological polar surface area (TPSA) is 49.3 Å². The molecule has 0 aliphatic rings. The van der Waals surface area contributed by atoms with E-state index in [1.165, 1.54) is 0 Å². The Hall–Kier alpha value is -2.50. The van der Waals surface area contributed by atoms with Crippen molar-refractivity contribution in [3.63, 3.8) is 0 Å². The second-order valence-corrected chi connectivity index (χ2v) is 4.40. The number of para-hydroxylation sites is 1. The number of aliphatic carboxylic acids is 1. The molecule has 0 bridgehead atoms. The van der Waals surface area contributed by atoms with Crippen LogP contribution in [0.25, 0.3) is 0 Å². The zero-order valence-electron chi connectivity index (χ0n) is 10.8. The van der Waals surface area contributed by atoms with Crippen LogP contribution in [0.3, 0.4) is 0 Å². The van der Waals surface area contributed by atoms with Crippen LogP contribution >= 0.6 is 0 Å². The van der Waals surface area contributed by atoms with E-state index < -0.39 is 23.8 Å². The Morgan fingerprint density at radius 3 is 2.05 bits per heavy atom. The molecule has 0 spiro atoms. The molecule has 0 radical (unpaired) electrons. The zero-order chi connectivity index (χ0) is 15.5. The summed E-state index contributed by atoms with van der Waals surface area (Å²) in [6.45, 7) is 0. The summed E-state index contributed by atoms with van der Waals surface area (Å²) in [5.74, 6) is -1.17. The quantitative estimate of drug-likeness (QED) is 0.898. The summed E-state index contributed by atoms with van der Waals surface area (Å²) < 4.78 is 37.5. The van der Waals surface area contributed by atoms with Gasteiger partial charge in [0.05, 0.1) is 5.56 Å². The minimum absolute atomic E-state index is 0.249. The molecular weight excluding hydrogens is 283 g/mol. The van der Waals surface area contributed by atoms with Crippen LogP contribution in [-0.2, 0) is 11.0 Å². The van der Waals surface area contributed by atoms with E-state index in [-0.39, 0.29) is 5.56 Å². The Kier molecular flexibility index (Phi) is 4.16. The van der Waals surface area contributed by atoms with Crippen molar-refractivity contribution < 1.29 is 23.1 Å². The molecule has 0 aromatic heterocycles. The van der Waals surface area contributed by atoms with E-state index in [1.54, 1.807) is 30.3 Å². The molecule has 0 amide bonds. The van der Waals surface area contributed by atoms with Crippen molar-refractivity contribution in [1.29, 1.82) is 0 Å². The van der Waals surface area contributed by atoms with Gasteiger partial charge in [0.2, 0.25) is 0 Å². The van der Waals surface area contributed by atoms with E-state index in [1.807, 2.05) is 0 Å². The third-order valence-electron chi connectivity index (χ3n) is 2.90. The highest BCUT2D eigenvalue weighted by molar-refractivity contribution is 5.79. The van der Waals surface area contributed by atoms with Crippen molar-refractivity contribution in [2.45, 2.75) is 12.2 Å². The van der Waals surface area contributed by atoms with Gasteiger partial charge in [-0.2, -0.15) is 13.2 Å². The lowest BCUT2D eigenvalue weighted by Crippen LogP contribution is -2.20. The molecule has 0 heterocycles. The molecule has 110 valence electrons. The third kappa shape index (κ3) is 3.75. The minimum atomic E-state index is -4.44. The number of carbonyl (C=O) groups is 1. The molecule has 6 heteroatoms. The number of hydrogen-bond donors (Lipinski definition) is 2. The van der Waals surface area contributed by atoms with Gasteiger partial charge in [0.25, 0.3) is 0 Å². The van der Waals surface area contributed by atoms with E-state index >= 15 is 0 Å². The van der Waals surface area contributed by atoms with E-state index in [2.05, 4.69) is 5.32 Å². The molecule has 2 N–H and O–H groups in total. The summed E-state index contributed by atoms with van der Waals surface area (Å²) in [5.41, 5.74) is 0.0132. The average Bonchev–Trinajstić information content (AvgIpc) is 2.45. The van der Waals surface area contributed by atoms with Crippen LogP contribution in [0, 0.1) is 0 Å². The predicted molar refractivity (Wildman–Crippen MR) is 71.9 cm³/mol. The fraction of sp³-hybridized carbons (Fsp3) is 0.133. The van der Waals surface area contributed by atoms with E-state index in [4.69, 9.17) is 0 Å². The predicted octanol–water partition coefficient (Wildman–Crippen LogP) is 3.94. The maximum Gasteiger partial charge on any atom is 0.416 e. The monoisotopic (exact) mass is 295 g/mol. The van der Waals surface area contributed by atoms with Crippen LogP contribution in [0.2, 0.25) is 0 Å². The summed E-state index contributed by atoms with van der Waals surface area (Å²) >= 11 is 0. The van der Waals surface area contributed by atoms with Crippen LogP contribution in [0.4, 0.5) is 18.9 Å². The number of benzene rings is 2. The van der Waals surface area contributed by atoms with Gasteiger partial charge in [-0.3, -0.25) is 0 Å². The van der Waals surface area contributed by atoms with Crippen molar-refractivity contribution in [2.24, 2.45) is 0 Å². The number of anilines is 1. The number of rotatable bonds is 4. The summed E-state index contributed by atoms with van der Waals surface area (Å²) in [4.78, 5) is 11.3. The zero-order valence-corrected chi connectivity index (χ0v) is 10.8. The Morgan fingerprint density at radius 1 is 1.00 bits per heavy atom. The molecule has 21 heavy (non-hydrogen) atoms. The molecule has 0 aliphatic carbocycles. The third-order valence-corrected chi connectivity index (χ3v) is 2.90. The number of hydrogen-bond acceptors (Lipinski definition) is 2. The van der Waals surface area contributed by atoms with Gasteiger partial charge in [-0.05, 0) is 29.8 Å². The molecule has 2 aromatic rings. The molecule has 0 fully saturated rings. The van der Waals surface area contributed by atoms with Crippen LogP contribution in [0.1, 0.15) is 17.2 Å². The van der Waals surface area contributed by atoms with E-state index in [9.17, 15) is 23.1 Å². The Morgan fingerprint density at radius 2 is 1.57 bits per heavy atom. The fourth-order valence-corrected chi connectivity index (χ4v) is 1.85. The first-order valence-corrected chi connectivity index (χ1v) is 6.09. The minimum Gasteiger partial charge on any atom is -0.479 e. The normalized spacial score (nSPS) is 12.7. The molecule has 0 aliphatic heterocycles. The number of alkyl halides is 3. The van der Waals surface area contributed by atoms with E-state index in [0.29, 0.717) is 5.69 Å². The van der Waals surface area contributed by atoms with Crippen LogP contribution in [-0.4, -0.2) is 11.1 Å². The van der Waals surface area contributed by atoms with Crippen molar-refractivity contribution in [1.82, 2.24) is 0 Å². The van der Waals surface area contributed by atoms with Gasteiger partial charge < -0.3 is 10.4 Å². The first kappa shape index (κ1) is 14.9. The smallest absolute Gasteiger partial charge is 0.416 e. The van der Waals surface area contributed by atoms with Crippen LogP contribution in [0.15, 0.2) is 54.6 Å². The first-order chi connectivity index (χ1) is 9.88. The number of halogens is 3. The highest BCUT2D eigenvalue weighted by Gasteiger charge is 2.30. The van der Waals surface area contributed by atoms with E-state index in [0.717, 1.165) is 24.3 Å². The second kappa shape index (κ2) is 5.87. The van der Waals surface area contributed by atoms with Gasteiger partial charge >= 0.3 is 12.1 Å². The SMILES string of the molecule is O=C(O)C(Nc1ccccc1)c1ccc(C(F)(F)F)cc1. The van der Waals surface area contributed by atoms with Crippen molar-refractivity contribution in [3.8, 4) is 0 Å². The van der Waals surface area contributed by atoms with Gasteiger partial charge in [-0.25, -0.2) is 4.79 Å². The average molecular weight is 295 g/mol. The van der Waals surface area contributed by atoms with Gasteiger partial charge in [-0.15, -0.1) is 0 Å². The highest BCUT2D eigenvalue weighted by atomic mass is 19.4. The van der Waals surface area contributed by atoms with Gasteiger partial charge in [0, 0.05) is 5.69 Å². The molecular formula is C15H12F3NO2. The first-order valence-electron chi connectivity index (χ1n) is 6.09. The number of carboxylic acid groups (broad SMARTS) is 1. The Labute approximate surface area is 119 Å². The van der Waals surface area contributed by atoms with Gasteiger partial charge in [0.15, 0.2) is 6.04 Å². The molecule has 3 nitrogen and oxygen atoms in total. The van der Waals surface area contributed by atoms with Crippen molar-refractivity contribution in [2.75, 3.05) is 5.32 Å². The van der Waals surface area contributed by atoms with Crippen molar-refractivity contribution >= 4 is 11.7 Å². The standard InChI is InChI=1S/C15H12F3NO2/c16-15(17,18)11-8-6-10(7-9-11)13(14(20)21)19-12-4-2-1-3-5-12/h1-9,13,19H,(H,20,21). The van der Waals surface area contributed by atoms with Crippen LogP contribution < -0.4 is 5.32 Å². The maximum absolute atomic E-state index is 12.5. The molecule has 0 saturated heterocycles. The Bertz CT molecular complexity index is 609. The number of carboxylic acids is 1. The summed E-state index contributed by atoms with van der Waals surface area (Å²) in [5, 5.41) is 12.0. The molecule has 2 rings (SSSR count). The molecule has 0 saturated carbocycles. The molecule has 2 aromatic carbocycles. The largest absolute Gasteiger partial charge is 0.479 e. The molecule has 1 atom stereocenters.